The van der Waals surface area contributed by atoms with E-state index in [2.05, 4.69) is 35.0 Å². The number of benzene rings is 1. The van der Waals surface area contributed by atoms with Crippen molar-refractivity contribution in [2.24, 2.45) is 16.8 Å². The molecule has 3 amide bonds. The highest BCUT2D eigenvalue weighted by atomic mass is 16.6. The summed E-state index contributed by atoms with van der Waals surface area (Å²) in [7, 11) is 1.33. The number of carbonyl (C=O) groups is 4. The molecular weight excluding hydrogens is 576 g/mol. The zero-order chi connectivity index (χ0) is 33.8. The first kappa shape index (κ1) is 37.6. The first-order chi connectivity index (χ1) is 20.9. The van der Waals surface area contributed by atoms with Crippen LogP contribution in [0.4, 0.5) is 9.59 Å². The third kappa shape index (κ3) is 13.5. The summed E-state index contributed by atoms with van der Waals surface area (Å²) in [6.45, 7) is 13.9. The summed E-state index contributed by atoms with van der Waals surface area (Å²) in [6.07, 6.45) is 4.36. The van der Waals surface area contributed by atoms with Gasteiger partial charge in [-0.25, -0.2) is 14.6 Å². The number of esters is 1. The van der Waals surface area contributed by atoms with Crippen molar-refractivity contribution in [1.82, 2.24) is 16.0 Å². The fourth-order valence-corrected chi connectivity index (χ4v) is 5.62. The van der Waals surface area contributed by atoms with Crippen LogP contribution in [-0.2, 0) is 30.2 Å². The van der Waals surface area contributed by atoms with Crippen LogP contribution >= 0.6 is 0 Å². The van der Waals surface area contributed by atoms with E-state index in [4.69, 9.17) is 19.2 Å². The molecule has 0 aliphatic heterocycles. The van der Waals surface area contributed by atoms with Crippen LogP contribution in [0.3, 0.4) is 0 Å². The van der Waals surface area contributed by atoms with Crippen molar-refractivity contribution < 1.29 is 33.4 Å². The minimum absolute atomic E-state index is 0.192. The molecule has 1 fully saturated rings. The second-order valence-corrected chi connectivity index (χ2v) is 14.0. The molecule has 1 aliphatic rings. The van der Waals surface area contributed by atoms with Gasteiger partial charge >= 0.3 is 18.2 Å². The molecule has 11 heteroatoms. The molecule has 2 unspecified atom stereocenters. The van der Waals surface area contributed by atoms with E-state index in [0.717, 1.165) is 32.1 Å². The molecule has 2 rings (SSSR count). The van der Waals surface area contributed by atoms with Crippen LogP contribution in [0.1, 0.15) is 106 Å². The quantitative estimate of drug-likeness (QED) is 0.0839. The number of nitrogens with one attached hydrogen (secondary N) is 3. The highest BCUT2D eigenvalue weighted by Crippen LogP contribution is 2.46. The van der Waals surface area contributed by atoms with Gasteiger partial charge in [0.15, 0.2) is 0 Å². The van der Waals surface area contributed by atoms with E-state index in [-0.39, 0.29) is 36.6 Å². The number of carbonyl (C=O) groups excluding carboxylic acids is 4. The molecule has 0 saturated heterocycles. The van der Waals surface area contributed by atoms with E-state index < -0.39 is 40.9 Å². The van der Waals surface area contributed by atoms with Crippen LogP contribution in [0.2, 0.25) is 0 Å². The number of nitrogens with zero attached hydrogens (tertiary/aromatic N) is 1. The highest BCUT2D eigenvalue weighted by Gasteiger charge is 2.54. The van der Waals surface area contributed by atoms with Crippen LogP contribution < -0.4 is 16.0 Å². The lowest BCUT2D eigenvalue weighted by molar-refractivity contribution is -0.151. The van der Waals surface area contributed by atoms with Crippen molar-refractivity contribution >= 4 is 30.0 Å². The molecule has 3 N–H and O–H groups in total. The van der Waals surface area contributed by atoms with E-state index in [1.54, 1.807) is 41.5 Å². The lowest BCUT2D eigenvalue weighted by atomic mass is 9.62. The summed E-state index contributed by atoms with van der Waals surface area (Å²) >= 11 is 0. The van der Waals surface area contributed by atoms with Gasteiger partial charge in [0.25, 0.3) is 0 Å². The van der Waals surface area contributed by atoms with Crippen molar-refractivity contribution in [3.05, 3.63) is 35.9 Å². The van der Waals surface area contributed by atoms with Crippen LogP contribution in [0, 0.1) is 11.8 Å². The molecule has 0 spiro atoms. The van der Waals surface area contributed by atoms with Gasteiger partial charge < -0.3 is 19.5 Å². The Morgan fingerprint density at radius 1 is 0.933 bits per heavy atom. The monoisotopic (exact) mass is 630 g/mol. The Kier molecular flexibility index (Phi) is 13.9. The lowest BCUT2D eigenvalue weighted by Crippen LogP contribution is -2.62. The minimum atomic E-state index is -1.04. The van der Waals surface area contributed by atoms with Crippen LogP contribution in [0.5, 0.6) is 0 Å². The summed E-state index contributed by atoms with van der Waals surface area (Å²) in [5, 5.41) is 8.24. The van der Waals surface area contributed by atoms with Gasteiger partial charge in [-0.3, -0.25) is 20.2 Å². The van der Waals surface area contributed by atoms with E-state index in [9.17, 15) is 19.2 Å². The van der Waals surface area contributed by atoms with E-state index in [1.165, 1.54) is 19.6 Å². The maximum Gasteiger partial charge on any atom is 0.414 e. The zero-order valence-electron chi connectivity index (χ0n) is 28.6. The summed E-state index contributed by atoms with van der Waals surface area (Å²) in [5.41, 5.74) is -1.47. The molecule has 1 saturated carbocycles. The molecular formula is C34H54N4O7. The number of unbranched alkanes of at least 4 members (excludes halogenated alkanes) is 2. The van der Waals surface area contributed by atoms with Crippen LogP contribution in [0.25, 0.3) is 0 Å². The van der Waals surface area contributed by atoms with Gasteiger partial charge in [-0.15, -0.1) is 0 Å². The lowest BCUT2D eigenvalue weighted by Gasteiger charge is -2.49. The second kappa shape index (κ2) is 16.6. The number of ether oxygens (including phenoxy) is 3. The van der Waals surface area contributed by atoms with Crippen molar-refractivity contribution in [3.8, 4) is 0 Å². The van der Waals surface area contributed by atoms with Gasteiger partial charge in [0, 0.05) is 6.92 Å². The molecule has 2 atom stereocenters. The van der Waals surface area contributed by atoms with Crippen LogP contribution in [-0.4, -0.2) is 59.9 Å². The standard InChI is InChI=1S/C34H54N4O7/c1-10-11-13-18-25(19-24-16-14-12-15-17-24)20-27(35-23(2)39)34(21-26(22-34)28(40)43-9)38-29(36-30(41)44-32(3,4)5)37-31(42)45-33(6,7)8/h12,14-17,25-27H,10-11,13,18-22H2,1-9H3,(H,35,39)(H2,36,37,38,41,42). The number of amides is 3. The number of guanidine groups is 1. The maximum absolute atomic E-state index is 12.9. The van der Waals surface area contributed by atoms with Gasteiger partial charge in [-0.1, -0.05) is 62.9 Å². The van der Waals surface area contributed by atoms with Crippen LogP contribution in [0.15, 0.2) is 35.3 Å². The molecule has 0 bridgehead atoms. The summed E-state index contributed by atoms with van der Waals surface area (Å²) < 4.78 is 15.9. The van der Waals surface area contributed by atoms with Gasteiger partial charge in [0.2, 0.25) is 11.9 Å². The maximum atomic E-state index is 12.9. The minimum Gasteiger partial charge on any atom is -0.469 e. The Hall–Kier alpha value is -3.63. The Morgan fingerprint density at radius 3 is 1.96 bits per heavy atom. The number of alkyl carbamates (subject to hydrolysis) is 2. The Labute approximate surface area is 268 Å². The molecule has 11 nitrogen and oxygen atoms in total. The van der Waals surface area contributed by atoms with Crippen molar-refractivity contribution in [2.75, 3.05) is 7.11 Å². The average Bonchev–Trinajstić information content (AvgIpc) is 2.87. The van der Waals surface area contributed by atoms with Gasteiger partial charge in [0.05, 0.1) is 24.6 Å². The average molecular weight is 631 g/mol. The molecule has 0 aromatic heterocycles. The van der Waals surface area contributed by atoms with Gasteiger partial charge in [-0.2, -0.15) is 0 Å². The summed E-state index contributed by atoms with van der Waals surface area (Å²) in [5.74, 6) is -1.09. The second-order valence-electron chi connectivity index (χ2n) is 14.0. The first-order valence-electron chi connectivity index (χ1n) is 15.9. The number of aliphatic imine (C=N–C) groups is 1. The van der Waals surface area contributed by atoms with Gasteiger partial charge in [-0.05, 0) is 78.7 Å². The Morgan fingerprint density at radius 2 is 1.49 bits per heavy atom. The molecule has 1 aromatic carbocycles. The van der Waals surface area contributed by atoms with Crippen molar-refractivity contribution in [2.45, 2.75) is 130 Å². The zero-order valence-corrected chi connectivity index (χ0v) is 28.6. The Bertz CT molecular complexity index is 1130. The topological polar surface area (TPSA) is 144 Å². The van der Waals surface area contributed by atoms with E-state index >= 15 is 0 Å². The smallest absolute Gasteiger partial charge is 0.414 e. The molecule has 1 aliphatic carbocycles. The third-order valence-corrected chi connectivity index (χ3v) is 7.49. The van der Waals surface area contributed by atoms with Crippen molar-refractivity contribution in [1.29, 1.82) is 0 Å². The third-order valence-electron chi connectivity index (χ3n) is 7.49. The molecule has 252 valence electrons. The number of hydrogen-bond acceptors (Lipinski definition) is 8. The predicted octanol–water partition coefficient (Wildman–Crippen LogP) is 6.05. The summed E-state index contributed by atoms with van der Waals surface area (Å²) in [6, 6.07) is 9.69. The fraction of sp³-hybridized carbons (Fsp3) is 0.676. The number of methoxy groups -OCH3 is 1. The van der Waals surface area contributed by atoms with Gasteiger partial charge in [0.1, 0.15) is 11.2 Å². The molecule has 45 heavy (non-hydrogen) atoms. The SMILES string of the molecule is CCCCCC(Cc1ccccc1)CC(NC(C)=O)C1(N=C(NC(=O)OC(C)(C)C)NC(=O)OC(C)(C)C)CC(C(=O)OC)C1. The van der Waals surface area contributed by atoms with Crippen molar-refractivity contribution in [3.63, 3.8) is 0 Å². The largest absolute Gasteiger partial charge is 0.469 e. The molecule has 0 radical (unpaired) electrons. The molecule has 0 heterocycles. The first-order valence-corrected chi connectivity index (χ1v) is 15.9. The number of rotatable bonds is 12. The number of hydrogen-bond donors (Lipinski definition) is 3. The Balaban J connectivity index is 2.57. The fourth-order valence-electron chi connectivity index (χ4n) is 5.62. The highest BCUT2D eigenvalue weighted by molar-refractivity contribution is 6.01. The van der Waals surface area contributed by atoms with E-state index in [1.807, 2.05) is 18.2 Å². The van der Waals surface area contributed by atoms with E-state index in [0.29, 0.717) is 6.42 Å². The summed E-state index contributed by atoms with van der Waals surface area (Å²) in [4.78, 5) is 55.9. The normalized spacial score (nSPS) is 19.2. The molecule has 1 aromatic rings. The predicted molar refractivity (Wildman–Crippen MR) is 174 cm³/mol.